The molecule has 0 fully saturated rings. The van der Waals surface area contributed by atoms with Crippen molar-refractivity contribution in [3.05, 3.63) is 24.3 Å². The van der Waals surface area contributed by atoms with Crippen LogP contribution in [0.15, 0.2) is 24.3 Å². The molecule has 0 amide bonds. The van der Waals surface area contributed by atoms with Crippen molar-refractivity contribution in [3.8, 4) is 0 Å². The van der Waals surface area contributed by atoms with E-state index in [4.69, 9.17) is 24.5 Å². The number of carbonyl (C=O) groups is 2. The maximum absolute atomic E-state index is 11.1. The number of phosphoric acid groups is 1. The molecule has 0 saturated heterocycles. The van der Waals surface area contributed by atoms with Gasteiger partial charge >= 0.3 is 35.0 Å². The normalized spacial score (nSPS) is 13.3. The molecule has 0 aliphatic heterocycles. The molecule has 0 aliphatic rings. The highest BCUT2D eigenvalue weighted by Gasteiger charge is 2.30. The molecule has 0 aromatic carbocycles. The molecule has 0 heterocycles. The number of hydrogen-bond acceptors (Lipinski definition) is 8. The largest absolute Gasteiger partial charge is 0.476 e. The average Bonchev–Trinajstić information content (AvgIpc) is 2.52. The van der Waals surface area contributed by atoms with Crippen molar-refractivity contribution in [2.24, 2.45) is 0 Å². The van der Waals surface area contributed by atoms with Gasteiger partial charge in [0.05, 0.1) is 25.5 Å². The minimum atomic E-state index is -5.01. The second kappa shape index (κ2) is 14.0. The van der Waals surface area contributed by atoms with Crippen LogP contribution in [0.5, 0.6) is 0 Å². The van der Waals surface area contributed by atoms with Crippen LogP contribution in [0.3, 0.4) is 0 Å². The minimum Gasteiger partial charge on any atom is -0.462 e. The van der Waals surface area contributed by atoms with Crippen molar-refractivity contribution in [1.29, 1.82) is 0 Å². The maximum atomic E-state index is 11.1. The summed E-state index contributed by atoms with van der Waals surface area (Å²) in [6, 6.07) is 0. The van der Waals surface area contributed by atoms with E-state index >= 15 is 0 Å². The second-order valence-electron chi connectivity index (χ2n) is 5.86. The van der Waals surface area contributed by atoms with E-state index in [0.29, 0.717) is 0 Å². The zero-order chi connectivity index (χ0) is 24.2. The molecule has 0 saturated carbocycles. The van der Waals surface area contributed by atoms with Gasteiger partial charge in [-0.25, -0.2) is 18.5 Å². The van der Waals surface area contributed by atoms with Crippen LogP contribution in [0.4, 0.5) is 0 Å². The molecule has 1 atom stereocenters. The van der Waals surface area contributed by atoms with E-state index in [1.54, 1.807) is 0 Å². The van der Waals surface area contributed by atoms with E-state index < -0.39 is 41.1 Å². The third-order valence-corrected chi connectivity index (χ3v) is 6.23. The monoisotopic (exact) mass is 496 g/mol. The Bertz CT molecular complexity index is 748. The molecular formula is C14H27O13P3. The first kappa shape index (κ1) is 31.1. The molecule has 0 aromatic heterocycles. The standard InChI is InChI=1S/C7H14O8P2.C7H13O5P/c1-6(2)7(8)14-4-3-5-16(9,10)15-17(11,12)13;1-6(2)7(8)12-4-3-5-13(9,10)11/h1,3-5H2,2H3,(H,9,10)(H2,11,12,13);1,3-5H2,2H3,(H2,9,10,11). The Morgan fingerprint density at radius 3 is 1.43 bits per heavy atom. The highest BCUT2D eigenvalue weighted by Crippen LogP contribution is 2.56. The Labute approximate surface area is 173 Å². The Morgan fingerprint density at radius 2 is 1.13 bits per heavy atom. The van der Waals surface area contributed by atoms with E-state index in [1.807, 2.05) is 0 Å². The third-order valence-electron chi connectivity index (χ3n) is 2.58. The lowest BCUT2D eigenvalue weighted by Gasteiger charge is -2.12. The smallest absolute Gasteiger partial charge is 0.462 e. The number of hydrogen-bond donors (Lipinski definition) is 5. The van der Waals surface area contributed by atoms with Crippen LogP contribution in [0.1, 0.15) is 26.7 Å². The number of esters is 2. The second-order valence-corrected chi connectivity index (χ2v) is 11.0. The van der Waals surface area contributed by atoms with Gasteiger partial charge in [-0.05, 0) is 26.7 Å². The zero-order valence-corrected chi connectivity index (χ0v) is 19.2. The van der Waals surface area contributed by atoms with E-state index in [2.05, 4.69) is 26.9 Å². The van der Waals surface area contributed by atoms with Gasteiger partial charge in [-0.15, -0.1) is 0 Å². The van der Waals surface area contributed by atoms with Crippen LogP contribution >= 0.6 is 23.0 Å². The summed E-state index contributed by atoms with van der Waals surface area (Å²) in [5.41, 5.74) is 0.458. The van der Waals surface area contributed by atoms with Crippen molar-refractivity contribution in [1.82, 2.24) is 0 Å². The zero-order valence-electron chi connectivity index (χ0n) is 16.5. The molecule has 0 rings (SSSR count). The molecule has 16 heteroatoms. The van der Waals surface area contributed by atoms with Crippen LogP contribution in [0, 0.1) is 0 Å². The molecule has 5 N–H and O–H groups in total. The molecule has 176 valence electrons. The lowest BCUT2D eigenvalue weighted by Crippen LogP contribution is -2.07. The molecule has 0 radical (unpaired) electrons. The summed E-state index contributed by atoms with van der Waals surface area (Å²) in [7, 11) is -13.3. The Morgan fingerprint density at radius 1 is 0.767 bits per heavy atom. The van der Waals surface area contributed by atoms with Gasteiger partial charge in [0, 0.05) is 11.1 Å². The van der Waals surface area contributed by atoms with Crippen molar-refractivity contribution in [2.75, 3.05) is 25.5 Å². The van der Waals surface area contributed by atoms with Gasteiger partial charge in [-0.2, -0.15) is 0 Å². The van der Waals surface area contributed by atoms with Gasteiger partial charge in [0.15, 0.2) is 0 Å². The van der Waals surface area contributed by atoms with E-state index in [0.717, 1.165) is 0 Å². The highest BCUT2D eigenvalue weighted by atomic mass is 31.3. The van der Waals surface area contributed by atoms with Gasteiger partial charge in [0.25, 0.3) is 0 Å². The molecule has 13 nitrogen and oxygen atoms in total. The molecule has 0 bridgehead atoms. The summed E-state index contributed by atoms with van der Waals surface area (Å²) in [6.45, 7) is 9.47. The quantitative estimate of drug-likeness (QED) is 0.112. The first-order valence-electron chi connectivity index (χ1n) is 8.15. The average molecular weight is 496 g/mol. The minimum absolute atomic E-state index is 0.0107. The van der Waals surface area contributed by atoms with E-state index in [9.17, 15) is 23.3 Å². The SMILES string of the molecule is C=C(C)C(=O)OCCCP(=O)(O)O.C=C(C)C(=O)OCCCP(=O)(O)OP(=O)(O)O. The number of ether oxygens (including phenoxy) is 2. The molecular weight excluding hydrogens is 469 g/mol. The highest BCUT2D eigenvalue weighted by molar-refractivity contribution is 7.63. The summed E-state index contributed by atoms with van der Waals surface area (Å²) in [5, 5.41) is 0. The predicted octanol–water partition coefficient (Wildman–Crippen LogP) is 1.46. The summed E-state index contributed by atoms with van der Waals surface area (Å²) in [5.74, 6) is -1.18. The van der Waals surface area contributed by atoms with Crippen molar-refractivity contribution >= 4 is 35.0 Å². The van der Waals surface area contributed by atoms with Gasteiger partial charge in [-0.1, -0.05) is 13.2 Å². The summed E-state index contributed by atoms with van der Waals surface area (Å²) >= 11 is 0. The van der Waals surface area contributed by atoms with E-state index in [1.165, 1.54) is 13.8 Å². The Kier molecular flexibility index (Phi) is 14.5. The molecule has 0 aliphatic carbocycles. The van der Waals surface area contributed by atoms with Crippen LogP contribution < -0.4 is 0 Å². The summed E-state index contributed by atoms with van der Waals surface area (Å²) in [6.07, 6.45) is -0.700. The van der Waals surface area contributed by atoms with Crippen LogP contribution in [-0.2, 0) is 37.1 Å². The van der Waals surface area contributed by atoms with Crippen molar-refractivity contribution in [2.45, 2.75) is 26.7 Å². The summed E-state index contributed by atoms with van der Waals surface area (Å²) in [4.78, 5) is 64.2. The van der Waals surface area contributed by atoms with Crippen molar-refractivity contribution in [3.63, 3.8) is 0 Å². The number of carbonyl (C=O) groups excluding carboxylic acids is 2. The van der Waals surface area contributed by atoms with Crippen LogP contribution in [-0.4, -0.2) is 61.9 Å². The van der Waals surface area contributed by atoms with Crippen molar-refractivity contribution < 1.29 is 61.5 Å². The first-order valence-corrected chi connectivity index (χ1v) is 13.2. The Hall–Kier alpha value is -1.13. The lowest BCUT2D eigenvalue weighted by molar-refractivity contribution is -0.139. The fraction of sp³-hybridized carbons (Fsp3) is 0.571. The fourth-order valence-electron chi connectivity index (χ4n) is 1.32. The summed E-state index contributed by atoms with van der Waals surface area (Å²) < 4.78 is 44.7. The molecule has 0 aromatic rings. The lowest BCUT2D eigenvalue weighted by atomic mass is 10.4. The molecule has 0 spiro atoms. The van der Waals surface area contributed by atoms with Gasteiger partial charge in [-0.3, -0.25) is 9.13 Å². The molecule has 1 unspecified atom stereocenters. The maximum Gasteiger partial charge on any atom is 0.476 e. The van der Waals surface area contributed by atoms with E-state index in [-0.39, 0.29) is 43.4 Å². The third kappa shape index (κ3) is 21.6. The van der Waals surface area contributed by atoms with Crippen LogP contribution in [0.25, 0.3) is 0 Å². The predicted molar refractivity (Wildman–Crippen MR) is 106 cm³/mol. The van der Waals surface area contributed by atoms with Gasteiger partial charge < -0.3 is 33.9 Å². The first-order chi connectivity index (χ1) is 13.4. The fourth-order valence-corrected chi connectivity index (χ4v) is 4.04. The topological polar surface area (TPSA) is 214 Å². The van der Waals surface area contributed by atoms with Crippen LogP contribution in [0.2, 0.25) is 0 Å². The number of rotatable bonds is 12. The van der Waals surface area contributed by atoms with Gasteiger partial charge in [0.2, 0.25) is 0 Å². The van der Waals surface area contributed by atoms with Gasteiger partial charge in [0.1, 0.15) is 0 Å². The molecule has 30 heavy (non-hydrogen) atoms. The Balaban J connectivity index is 0.